The number of halogens is 2. The first-order valence-corrected chi connectivity index (χ1v) is 9.49. The fourth-order valence-electron chi connectivity index (χ4n) is 2.86. The Balaban J connectivity index is 0.00000312. The van der Waals surface area contributed by atoms with Crippen LogP contribution in [0.25, 0.3) is 0 Å². The van der Waals surface area contributed by atoms with E-state index in [0.29, 0.717) is 18.2 Å². The van der Waals surface area contributed by atoms with Gasteiger partial charge in [0.2, 0.25) is 0 Å². The lowest BCUT2D eigenvalue weighted by Crippen LogP contribution is -2.44. The fourth-order valence-corrected chi connectivity index (χ4v) is 3.26. The Morgan fingerprint density at radius 2 is 1.92 bits per heavy atom. The van der Waals surface area contributed by atoms with E-state index in [1.54, 1.807) is 7.05 Å². The van der Waals surface area contributed by atoms with Crippen molar-refractivity contribution in [3.05, 3.63) is 34.3 Å². The number of nitrogens with one attached hydrogen (secondary N) is 3. The number of aliphatic imine (C=N–C) groups is 1. The van der Waals surface area contributed by atoms with Gasteiger partial charge in [-0.2, -0.15) is 0 Å². The lowest BCUT2D eigenvalue weighted by molar-refractivity contribution is 0.0953. The molecule has 7 heteroatoms. The summed E-state index contributed by atoms with van der Waals surface area (Å²) in [5.41, 5.74) is 0.673. The molecule has 3 N–H and O–H groups in total. The molecule has 1 amide bonds. The highest BCUT2D eigenvalue weighted by Gasteiger charge is 2.14. The first-order valence-electron chi connectivity index (χ1n) is 8.70. The van der Waals surface area contributed by atoms with Gasteiger partial charge in [0.05, 0.1) is 0 Å². The Kier molecular flexibility index (Phi) is 11.1. The Hall–Kier alpha value is -0.830. The topological polar surface area (TPSA) is 65.5 Å². The number of benzene rings is 1. The second-order valence-corrected chi connectivity index (χ2v) is 7.01. The molecule has 1 fully saturated rings. The molecule has 0 saturated heterocycles. The lowest BCUT2D eigenvalue weighted by Gasteiger charge is -2.24. The number of rotatable bonds is 6. The second kappa shape index (κ2) is 12.5. The van der Waals surface area contributed by atoms with Crippen molar-refractivity contribution in [2.75, 3.05) is 20.1 Å². The van der Waals surface area contributed by atoms with E-state index >= 15 is 0 Å². The Morgan fingerprint density at radius 1 is 1.20 bits per heavy atom. The zero-order valence-electron chi connectivity index (χ0n) is 14.7. The molecule has 140 valence electrons. The quantitative estimate of drug-likeness (QED) is 0.231. The van der Waals surface area contributed by atoms with Crippen LogP contribution < -0.4 is 16.0 Å². The normalized spacial score (nSPS) is 15.2. The van der Waals surface area contributed by atoms with Crippen LogP contribution in [0.3, 0.4) is 0 Å². The fraction of sp³-hybridized carbons (Fsp3) is 0.556. The molecule has 0 aliphatic heterocycles. The summed E-state index contributed by atoms with van der Waals surface area (Å²) >= 11 is 3.38. The minimum Gasteiger partial charge on any atom is -0.356 e. The molecule has 5 nitrogen and oxygen atoms in total. The zero-order valence-corrected chi connectivity index (χ0v) is 18.6. The van der Waals surface area contributed by atoms with Crippen molar-refractivity contribution in [1.29, 1.82) is 0 Å². The molecule has 0 spiro atoms. The minimum atomic E-state index is -0.0407. The molecule has 1 aliphatic rings. The van der Waals surface area contributed by atoms with Crippen LogP contribution in [-0.4, -0.2) is 38.0 Å². The van der Waals surface area contributed by atoms with Crippen LogP contribution in [0.15, 0.2) is 33.7 Å². The van der Waals surface area contributed by atoms with Crippen LogP contribution in [0.5, 0.6) is 0 Å². The van der Waals surface area contributed by atoms with Gasteiger partial charge in [0.15, 0.2) is 5.96 Å². The summed E-state index contributed by atoms with van der Waals surface area (Å²) in [5.74, 6) is 0.821. The van der Waals surface area contributed by atoms with Crippen LogP contribution in [0.2, 0.25) is 0 Å². The highest BCUT2D eigenvalue weighted by atomic mass is 127. The van der Waals surface area contributed by atoms with E-state index in [1.165, 1.54) is 32.1 Å². The highest BCUT2D eigenvalue weighted by molar-refractivity contribution is 14.0. The van der Waals surface area contributed by atoms with Gasteiger partial charge in [-0.3, -0.25) is 9.79 Å². The first kappa shape index (κ1) is 22.2. The Labute approximate surface area is 176 Å². The van der Waals surface area contributed by atoms with Crippen molar-refractivity contribution in [3.8, 4) is 0 Å². The summed E-state index contributed by atoms with van der Waals surface area (Å²) in [6.07, 6.45) is 7.26. The van der Waals surface area contributed by atoms with Crippen LogP contribution in [0, 0.1) is 0 Å². The SMILES string of the molecule is CN=C(NCCCNC(=O)c1cccc(Br)c1)NC1CCCCC1.I. The molecule has 25 heavy (non-hydrogen) atoms. The monoisotopic (exact) mass is 522 g/mol. The Bertz CT molecular complexity index is 562. The third kappa shape index (κ3) is 8.40. The smallest absolute Gasteiger partial charge is 0.251 e. The maximum Gasteiger partial charge on any atom is 0.251 e. The molecule has 0 heterocycles. The third-order valence-electron chi connectivity index (χ3n) is 4.19. The first-order chi connectivity index (χ1) is 11.7. The van der Waals surface area contributed by atoms with Crippen molar-refractivity contribution in [2.24, 2.45) is 4.99 Å². The minimum absolute atomic E-state index is 0. The molecule has 0 bridgehead atoms. The molecule has 0 aromatic heterocycles. The van der Waals surface area contributed by atoms with Gasteiger partial charge >= 0.3 is 0 Å². The van der Waals surface area contributed by atoms with E-state index < -0.39 is 0 Å². The van der Waals surface area contributed by atoms with E-state index in [4.69, 9.17) is 0 Å². The summed E-state index contributed by atoms with van der Waals surface area (Å²) in [7, 11) is 1.80. The number of carbonyl (C=O) groups excluding carboxylic acids is 1. The van der Waals surface area contributed by atoms with Gasteiger partial charge in [-0.25, -0.2) is 0 Å². The summed E-state index contributed by atoms with van der Waals surface area (Å²) in [5, 5.41) is 9.74. The van der Waals surface area contributed by atoms with E-state index in [-0.39, 0.29) is 29.9 Å². The van der Waals surface area contributed by atoms with E-state index in [0.717, 1.165) is 23.4 Å². The van der Waals surface area contributed by atoms with E-state index in [9.17, 15) is 4.79 Å². The standard InChI is InChI=1S/C18H27BrN4O.HI/c1-20-18(23-16-9-3-2-4-10-16)22-12-6-11-21-17(24)14-7-5-8-15(19)13-14;/h5,7-8,13,16H,2-4,6,9-12H2,1H3,(H,21,24)(H2,20,22,23);1H. The predicted octanol–water partition coefficient (Wildman–Crippen LogP) is 3.68. The largest absolute Gasteiger partial charge is 0.356 e. The molecule has 0 atom stereocenters. The average molecular weight is 523 g/mol. The van der Waals surface area contributed by atoms with Crippen LogP contribution in [0.4, 0.5) is 0 Å². The molecule has 0 unspecified atom stereocenters. The zero-order chi connectivity index (χ0) is 17.2. The van der Waals surface area contributed by atoms with Crippen molar-refractivity contribution in [1.82, 2.24) is 16.0 Å². The van der Waals surface area contributed by atoms with Crippen LogP contribution >= 0.6 is 39.9 Å². The molecular weight excluding hydrogens is 495 g/mol. The number of guanidine groups is 1. The van der Waals surface area contributed by atoms with Crippen molar-refractivity contribution < 1.29 is 4.79 Å². The van der Waals surface area contributed by atoms with Crippen molar-refractivity contribution in [2.45, 2.75) is 44.6 Å². The number of nitrogens with zero attached hydrogens (tertiary/aromatic N) is 1. The molecular formula is C18H28BrIN4O. The summed E-state index contributed by atoms with van der Waals surface area (Å²) in [6, 6.07) is 7.95. The summed E-state index contributed by atoms with van der Waals surface area (Å²) in [6.45, 7) is 1.42. The van der Waals surface area contributed by atoms with Gasteiger partial charge < -0.3 is 16.0 Å². The maximum absolute atomic E-state index is 12.0. The average Bonchev–Trinajstić information content (AvgIpc) is 2.61. The van der Waals surface area contributed by atoms with Gasteiger partial charge in [-0.15, -0.1) is 24.0 Å². The number of hydrogen-bond acceptors (Lipinski definition) is 2. The van der Waals surface area contributed by atoms with Crippen LogP contribution in [0.1, 0.15) is 48.9 Å². The summed E-state index contributed by atoms with van der Waals surface area (Å²) < 4.78 is 0.911. The molecule has 1 aromatic rings. The van der Waals surface area contributed by atoms with Gasteiger partial charge in [-0.1, -0.05) is 41.3 Å². The van der Waals surface area contributed by atoms with Gasteiger partial charge in [0, 0.05) is 36.2 Å². The van der Waals surface area contributed by atoms with Crippen molar-refractivity contribution in [3.63, 3.8) is 0 Å². The van der Waals surface area contributed by atoms with E-state index in [1.807, 2.05) is 24.3 Å². The molecule has 2 rings (SSSR count). The number of carbonyl (C=O) groups is 1. The highest BCUT2D eigenvalue weighted by Crippen LogP contribution is 2.17. The van der Waals surface area contributed by atoms with E-state index in [2.05, 4.69) is 36.9 Å². The molecule has 1 saturated carbocycles. The molecule has 1 aromatic carbocycles. The van der Waals surface area contributed by atoms with Crippen molar-refractivity contribution >= 4 is 51.8 Å². The number of amides is 1. The van der Waals surface area contributed by atoms with Crippen LogP contribution in [-0.2, 0) is 0 Å². The lowest BCUT2D eigenvalue weighted by atomic mass is 9.96. The third-order valence-corrected chi connectivity index (χ3v) is 4.68. The molecule has 1 aliphatic carbocycles. The van der Waals surface area contributed by atoms with Gasteiger partial charge in [0.1, 0.15) is 0 Å². The van der Waals surface area contributed by atoms with Gasteiger partial charge in [-0.05, 0) is 37.5 Å². The maximum atomic E-state index is 12.0. The second-order valence-electron chi connectivity index (χ2n) is 6.10. The molecule has 0 radical (unpaired) electrons. The Morgan fingerprint density at radius 3 is 2.60 bits per heavy atom. The predicted molar refractivity (Wildman–Crippen MR) is 118 cm³/mol. The number of hydrogen-bond donors (Lipinski definition) is 3. The summed E-state index contributed by atoms with van der Waals surface area (Å²) in [4.78, 5) is 16.3. The van der Waals surface area contributed by atoms with Gasteiger partial charge in [0.25, 0.3) is 5.91 Å².